The zero-order chi connectivity index (χ0) is 20.3. The van der Waals surface area contributed by atoms with Crippen LogP contribution in [-0.4, -0.2) is 23.1 Å². The fourth-order valence-corrected chi connectivity index (χ4v) is 2.98. The van der Waals surface area contributed by atoms with Crippen LogP contribution in [0.4, 0.5) is 11.4 Å². The standard InChI is InChI=1S/C17H11Cl2N3O5S.Na/c18-10-6-14(19)17(20-9-10)27-12-4-5-16(23)15(8-12)22-21-11-2-1-3-13(7-11)28(24,25)26;/h1-9,23H,(H,24,25,26);/q;+1/p-1. The summed E-state index contributed by atoms with van der Waals surface area (Å²) in [6.07, 6.45) is 1.36. The molecule has 3 rings (SSSR count). The number of phenols is 1. The van der Waals surface area contributed by atoms with E-state index < -0.39 is 15.0 Å². The topological polar surface area (TPSA) is 124 Å². The number of pyridine rings is 1. The van der Waals surface area contributed by atoms with Crippen LogP contribution >= 0.6 is 23.2 Å². The summed E-state index contributed by atoms with van der Waals surface area (Å²) in [5.41, 5.74) is 0.156. The van der Waals surface area contributed by atoms with Crippen LogP contribution in [0.25, 0.3) is 0 Å². The number of halogens is 2. The summed E-state index contributed by atoms with van der Waals surface area (Å²) in [6, 6.07) is 10.7. The summed E-state index contributed by atoms with van der Waals surface area (Å²) in [7, 11) is -4.61. The molecule has 2 aromatic carbocycles. The first-order chi connectivity index (χ1) is 13.2. The SMILES string of the molecule is O=S(=O)([O-])c1cccc(N=Nc2cc(Oc3ncc(Cl)cc3Cl)ccc2O)c1.[Na+]. The smallest absolute Gasteiger partial charge is 0.744 e. The van der Waals surface area contributed by atoms with Crippen molar-refractivity contribution in [1.29, 1.82) is 0 Å². The minimum absolute atomic E-state index is 0. The van der Waals surface area contributed by atoms with Crippen molar-refractivity contribution in [2.45, 2.75) is 4.90 Å². The van der Waals surface area contributed by atoms with Crippen molar-refractivity contribution in [2.24, 2.45) is 10.2 Å². The molecule has 8 nitrogen and oxygen atoms in total. The molecule has 0 aliphatic rings. The molecule has 29 heavy (non-hydrogen) atoms. The van der Waals surface area contributed by atoms with Crippen molar-refractivity contribution in [2.75, 3.05) is 0 Å². The molecule has 1 N–H and O–H groups in total. The van der Waals surface area contributed by atoms with Crippen molar-refractivity contribution in [3.05, 3.63) is 64.8 Å². The molecule has 0 amide bonds. The largest absolute Gasteiger partial charge is 1.00 e. The number of azo groups is 1. The van der Waals surface area contributed by atoms with E-state index in [4.69, 9.17) is 27.9 Å². The Bertz CT molecular complexity index is 1180. The van der Waals surface area contributed by atoms with Gasteiger partial charge in [-0.25, -0.2) is 13.4 Å². The van der Waals surface area contributed by atoms with Gasteiger partial charge in [-0.15, -0.1) is 5.11 Å². The van der Waals surface area contributed by atoms with Gasteiger partial charge in [0.1, 0.15) is 32.3 Å². The molecule has 144 valence electrons. The maximum atomic E-state index is 11.1. The van der Waals surface area contributed by atoms with Crippen molar-refractivity contribution in [3.8, 4) is 17.4 Å². The van der Waals surface area contributed by atoms with Crippen LogP contribution < -0.4 is 34.3 Å². The van der Waals surface area contributed by atoms with Gasteiger partial charge in [-0.2, -0.15) is 5.11 Å². The fourth-order valence-electron chi connectivity index (χ4n) is 2.05. The number of nitrogens with zero attached hydrogens (tertiary/aromatic N) is 3. The summed E-state index contributed by atoms with van der Waals surface area (Å²) in [6.45, 7) is 0. The molecule has 0 radical (unpaired) electrons. The second-order valence-corrected chi connectivity index (χ2v) is 7.57. The number of hydrogen-bond donors (Lipinski definition) is 1. The van der Waals surface area contributed by atoms with Crippen LogP contribution in [0.1, 0.15) is 0 Å². The van der Waals surface area contributed by atoms with E-state index >= 15 is 0 Å². The average molecular weight is 462 g/mol. The first-order valence-corrected chi connectivity index (χ1v) is 9.68. The van der Waals surface area contributed by atoms with Gasteiger partial charge in [-0.1, -0.05) is 29.3 Å². The molecular formula is C17H10Cl2N3NaO5S. The predicted molar refractivity (Wildman–Crippen MR) is 101 cm³/mol. The fraction of sp³-hybridized carbons (Fsp3) is 0. The Hall–Kier alpha value is -1.72. The second-order valence-electron chi connectivity index (χ2n) is 5.34. The predicted octanol–water partition coefficient (Wildman–Crippen LogP) is 2.21. The molecule has 0 saturated heterocycles. The van der Waals surface area contributed by atoms with E-state index in [-0.39, 0.29) is 63.3 Å². The molecule has 0 atom stereocenters. The minimum Gasteiger partial charge on any atom is -0.744 e. The van der Waals surface area contributed by atoms with Gasteiger partial charge in [0.25, 0.3) is 0 Å². The van der Waals surface area contributed by atoms with Crippen LogP contribution in [-0.2, 0) is 10.1 Å². The first kappa shape index (κ1) is 23.6. The van der Waals surface area contributed by atoms with Gasteiger partial charge in [0, 0.05) is 12.3 Å². The maximum absolute atomic E-state index is 11.1. The quantitative estimate of drug-likeness (QED) is 0.352. The first-order valence-electron chi connectivity index (χ1n) is 7.52. The monoisotopic (exact) mass is 461 g/mol. The molecule has 0 spiro atoms. The number of rotatable bonds is 5. The van der Waals surface area contributed by atoms with Crippen molar-refractivity contribution < 1.29 is 52.4 Å². The number of ether oxygens (including phenoxy) is 1. The van der Waals surface area contributed by atoms with Crippen LogP contribution in [0.15, 0.2) is 69.9 Å². The van der Waals surface area contributed by atoms with Gasteiger partial charge in [-0.3, -0.25) is 0 Å². The van der Waals surface area contributed by atoms with Gasteiger partial charge in [-0.05, 0) is 36.4 Å². The van der Waals surface area contributed by atoms with Crippen LogP contribution in [0.5, 0.6) is 17.4 Å². The van der Waals surface area contributed by atoms with E-state index in [0.29, 0.717) is 5.02 Å². The number of aromatic nitrogens is 1. The Balaban J connectivity index is 0.00000300. The Morgan fingerprint density at radius 1 is 1.07 bits per heavy atom. The molecule has 0 bridgehead atoms. The van der Waals surface area contributed by atoms with Crippen LogP contribution in [0.3, 0.4) is 0 Å². The van der Waals surface area contributed by atoms with E-state index in [9.17, 15) is 18.1 Å². The van der Waals surface area contributed by atoms with Crippen LogP contribution in [0.2, 0.25) is 10.0 Å². The third-order valence-corrected chi connectivity index (χ3v) is 4.62. The average Bonchev–Trinajstić information content (AvgIpc) is 2.64. The van der Waals surface area contributed by atoms with Crippen LogP contribution in [0, 0.1) is 0 Å². The number of phenolic OH excluding ortho intramolecular Hbond substituents is 1. The van der Waals surface area contributed by atoms with Gasteiger partial charge in [0.15, 0.2) is 0 Å². The third kappa shape index (κ3) is 6.38. The van der Waals surface area contributed by atoms with Crippen molar-refractivity contribution in [1.82, 2.24) is 4.98 Å². The van der Waals surface area contributed by atoms with E-state index in [0.717, 1.165) is 12.1 Å². The Kier molecular flexibility index (Phi) is 8.01. The zero-order valence-electron chi connectivity index (χ0n) is 14.8. The molecule has 1 heterocycles. The van der Waals surface area contributed by atoms with E-state index in [1.165, 1.54) is 42.6 Å². The number of benzene rings is 2. The molecule has 1 aromatic heterocycles. The molecular weight excluding hydrogens is 452 g/mol. The molecule has 0 unspecified atom stereocenters. The zero-order valence-corrected chi connectivity index (χ0v) is 19.1. The Morgan fingerprint density at radius 2 is 1.83 bits per heavy atom. The summed E-state index contributed by atoms with van der Waals surface area (Å²) in [5, 5.41) is 18.2. The molecule has 3 aromatic rings. The van der Waals surface area contributed by atoms with Gasteiger partial charge in [0.2, 0.25) is 5.88 Å². The van der Waals surface area contributed by atoms with Gasteiger partial charge in [0.05, 0.1) is 15.6 Å². The molecule has 12 heteroatoms. The number of aromatic hydroxyl groups is 1. The van der Waals surface area contributed by atoms with E-state index in [1.54, 1.807) is 0 Å². The van der Waals surface area contributed by atoms with Crippen molar-refractivity contribution >= 4 is 44.7 Å². The summed E-state index contributed by atoms with van der Waals surface area (Å²) in [4.78, 5) is 3.53. The van der Waals surface area contributed by atoms with Gasteiger partial charge < -0.3 is 14.4 Å². The summed E-state index contributed by atoms with van der Waals surface area (Å²) in [5.74, 6) is 0.172. The Labute approximate surface area is 198 Å². The Morgan fingerprint density at radius 3 is 2.52 bits per heavy atom. The van der Waals surface area contributed by atoms with Gasteiger partial charge >= 0.3 is 29.6 Å². The number of hydrogen-bond acceptors (Lipinski definition) is 8. The maximum Gasteiger partial charge on any atom is 1.00 e. The summed E-state index contributed by atoms with van der Waals surface area (Å²) >= 11 is 11.8. The van der Waals surface area contributed by atoms with Crippen molar-refractivity contribution in [3.63, 3.8) is 0 Å². The summed E-state index contributed by atoms with van der Waals surface area (Å²) < 4.78 is 38.8. The minimum atomic E-state index is -4.61. The molecule has 0 saturated carbocycles. The van der Waals surface area contributed by atoms with E-state index in [1.807, 2.05) is 0 Å². The second kappa shape index (κ2) is 9.86. The molecule has 0 aliphatic carbocycles. The molecule has 0 aliphatic heterocycles. The third-order valence-electron chi connectivity index (χ3n) is 3.31. The normalized spacial score (nSPS) is 11.3. The van der Waals surface area contributed by atoms with E-state index in [2.05, 4.69) is 15.2 Å². The molecule has 0 fully saturated rings.